The lowest BCUT2D eigenvalue weighted by Crippen LogP contribution is -2.17. The van der Waals surface area contributed by atoms with E-state index in [0.717, 1.165) is 62.5 Å². The number of amides is 1. The van der Waals surface area contributed by atoms with Gasteiger partial charge in [-0.05, 0) is 32.1 Å². The molecule has 27 heavy (non-hydrogen) atoms. The highest BCUT2D eigenvalue weighted by Gasteiger charge is 2.20. The van der Waals surface area contributed by atoms with Gasteiger partial charge in [0.15, 0.2) is 5.82 Å². The summed E-state index contributed by atoms with van der Waals surface area (Å²) in [6.07, 6.45) is 11.6. The summed E-state index contributed by atoms with van der Waals surface area (Å²) in [5.74, 6) is 1.84. The Hall–Kier alpha value is -2.97. The van der Waals surface area contributed by atoms with Crippen molar-refractivity contribution < 1.29 is 4.79 Å². The van der Waals surface area contributed by atoms with Crippen molar-refractivity contribution in [1.29, 1.82) is 0 Å². The highest BCUT2D eigenvalue weighted by atomic mass is 16.1. The minimum absolute atomic E-state index is 0.127. The van der Waals surface area contributed by atoms with Gasteiger partial charge in [0.05, 0.1) is 29.3 Å². The third kappa shape index (κ3) is 3.02. The Morgan fingerprint density at radius 3 is 2.89 bits per heavy atom. The van der Waals surface area contributed by atoms with E-state index < -0.39 is 0 Å². The molecule has 0 spiro atoms. The SMILES string of the molecule is O=C(Nc1cnn(Cc2nnc3n2CCCC3)c1)c1cnn2c1CCCC2. The molecule has 3 aromatic rings. The van der Waals surface area contributed by atoms with Crippen LogP contribution in [0.3, 0.4) is 0 Å². The highest BCUT2D eigenvalue weighted by molar-refractivity contribution is 6.04. The minimum atomic E-state index is -0.127. The van der Waals surface area contributed by atoms with E-state index in [2.05, 4.69) is 30.3 Å². The first-order chi connectivity index (χ1) is 13.3. The molecule has 5 rings (SSSR count). The Balaban J connectivity index is 1.29. The number of carbonyl (C=O) groups is 1. The lowest BCUT2D eigenvalue weighted by molar-refractivity contribution is 0.102. The Bertz CT molecular complexity index is 982. The van der Waals surface area contributed by atoms with E-state index in [1.807, 2.05) is 10.9 Å². The first-order valence-corrected chi connectivity index (χ1v) is 9.57. The predicted octanol–water partition coefficient (Wildman–Crippen LogP) is 1.64. The van der Waals surface area contributed by atoms with Crippen molar-refractivity contribution in [1.82, 2.24) is 34.3 Å². The molecule has 0 fully saturated rings. The van der Waals surface area contributed by atoms with E-state index in [1.165, 1.54) is 6.42 Å². The molecule has 5 heterocycles. The average molecular weight is 366 g/mol. The van der Waals surface area contributed by atoms with Gasteiger partial charge < -0.3 is 9.88 Å². The average Bonchev–Trinajstić information content (AvgIpc) is 3.41. The van der Waals surface area contributed by atoms with Crippen LogP contribution in [0.5, 0.6) is 0 Å². The van der Waals surface area contributed by atoms with Crippen LogP contribution in [0.25, 0.3) is 0 Å². The molecule has 140 valence electrons. The number of nitrogens with one attached hydrogen (secondary N) is 1. The summed E-state index contributed by atoms with van der Waals surface area (Å²) in [6, 6.07) is 0. The lowest BCUT2D eigenvalue weighted by atomic mass is 10.1. The molecule has 0 unspecified atom stereocenters. The molecule has 1 amide bonds. The second-order valence-corrected chi connectivity index (χ2v) is 7.21. The van der Waals surface area contributed by atoms with Crippen LogP contribution in [0, 0.1) is 0 Å². The zero-order valence-electron chi connectivity index (χ0n) is 15.1. The number of anilines is 1. The van der Waals surface area contributed by atoms with Crippen molar-refractivity contribution in [2.45, 2.75) is 58.2 Å². The van der Waals surface area contributed by atoms with Crippen LogP contribution in [0.15, 0.2) is 18.6 Å². The molecule has 0 aromatic carbocycles. The molecule has 1 N–H and O–H groups in total. The molecule has 0 saturated carbocycles. The fourth-order valence-corrected chi connectivity index (χ4v) is 3.95. The summed E-state index contributed by atoms with van der Waals surface area (Å²) < 4.78 is 5.91. The van der Waals surface area contributed by atoms with Gasteiger partial charge in [0.25, 0.3) is 5.91 Å². The Labute approximate surface area is 156 Å². The van der Waals surface area contributed by atoms with Crippen LogP contribution in [0.4, 0.5) is 5.69 Å². The zero-order chi connectivity index (χ0) is 18.2. The number of hydrogen-bond acceptors (Lipinski definition) is 5. The van der Waals surface area contributed by atoms with Crippen LogP contribution in [-0.4, -0.2) is 40.2 Å². The van der Waals surface area contributed by atoms with Gasteiger partial charge in [0, 0.05) is 25.7 Å². The third-order valence-electron chi connectivity index (χ3n) is 5.36. The van der Waals surface area contributed by atoms with Crippen LogP contribution in [0.2, 0.25) is 0 Å². The Morgan fingerprint density at radius 2 is 1.93 bits per heavy atom. The van der Waals surface area contributed by atoms with Gasteiger partial charge in [-0.2, -0.15) is 10.2 Å². The van der Waals surface area contributed by atoms with Crippen molar-refractivity contribution >= 4 is 11.6 Å². The molecule has 2 aliphatic heterocycles. The maximum atomic E-state index is 12.6. The van der Waals surface area contributed by atoms with E-state index in [9.17, 15) is 4.79 Å². The molecule has 0 bridgehead atoms. The monoisotopic (exact) mass is 366 g/mol. The molecular weight excluding hydrogens is 344 g/mol. The molecule has 0 saturated heterocycles. The number of aryl methyl sites for hydroxylation is 2. The summed E-state index contributed by atoms with van der Waals surface area (Å²) in [7, 11) is 0. The molecular formula is C18H22N8O. The van der Waals surface area contributed by atoms with Gasteiger partial charge in [-0.3, -0.25) is 14.2 Å². The van der Waals surface area contributed by atoms with Crippen LogP contribution in [0.1, 0.15) is 53.4 Å². The third-order valence-corrected chi connectivity index (χ3v) is 5.36. The number of carbonyl (C=O) groups excluding carboxylic acids is 1. The Morgan fingerprint density at radius 1 is 1.04 bits per heavy atom. The quantitative estimate of drug-likeness (QED) is 0.757. The number of fused-ring (bicyclic) bond motifs is 2. The van der Waals surface area contributed by atoms with Crippen molar-refractivity contribution in [2.24, 2.45) is 0 Å². The van der Waals surface area contributed by atoms with Gasteiger partial charge in [0.1, 0.15) is 12.4 Å². The number of nitrogens with zero attached hydrogens (tertiary/aromatic N) is 7. The lowest BCUT2D eigenvalue weighted by Gasteiger charge is -2.14. The second-order valence-electron chi connectivity index (χ2n) is 7.21. The summed E-state index contributed by atoms with van der Waals surface area (Å²) in [5.41, 5.74) is 2.37. The smallest absolute Gasteiger partial charge is 0.259 e. The molecule has 9 heteroatoms. The number of hydrogen-bond donors (Lipinski definition) is 1. The molecule has 3 aromatic heterocycles. The fourth-order valence-electron chi connectivity index (χ4n) is 3.95. The molecule has 0 aliphatic carbocycles. The van der Waals surface area contributed by atoms with Crippen molar-refractivity contribution in [2.75, 3.05) is 5.32 Å². The van der Waals surface area contributed by atoms with Gasteiger partial charge in [-0.15, -0.1) is 10.2 Å². The van der Waals surface area contributed by atoms with Crippen LogP contribution in [-0.2, 0) is 32.5 Å². The maximum absolute atomic E-state index is 12.6. The minimum Gasteiger partial charge on any atom is -0.319 e. The first kappa shape index (κ1) is 16.2. The molecule has 2 aliphatic rings. The van der Waals surface area contributed by atoms with E-state index in [-0.39, 0.29) is 5.91 Å². The zero-order valence-corrected chi connectivity index (χ0v) is 15.1. The topological polar surface area (TPSA) is 95.4 Å². The summed E-state index contributed by atoms with van der Waals surface area (Å²) in [4.78, 5) is 12.6. The van der Waals surface area contributed by atoms with Crippen LogP contribution < -0.4 is 5.32 Å². The van der Waals surface area contributed by atoms with E-state index in [1.54, 1.807) is 17.1 Å². The second kappa shape index (κ2) is 6.64. The van der Waals surface area contributed by atoms with Gasteiger partial charge >= 0.3 is 0 Å². The summed E-state index contributed by atoms with van der Waals surface area (Å²) >= 11 is 0. The van der Waals surface area contributed by atoms with Gasteiger partial charge in [-0.25, -0.2) is 0 Å². The Kier molecular flexibility index (Phi) is 3.99. The van der Waals surface area contributed by atoms with E-state index >= 15 is 0 Å². The van der Waals surface area contributed by atoms with Crippen LogP contribution >= 0.6 is 0 Å². The standard InChI is InChI=1S/C18H22N8O/c27-18(14-10-20-26-8-4-1-5-15(14)26)21-13-9-19-24(11-13)12-17-23-22-16-6-2-3-7-25(16)17/h9-11H,1-8,12H2,(H,21,27). The summed E-state index contributed by atoms with van der Waals surface area (Å²) in [5, 5.41) is 20.2. The largest absolute Gasteiger partial charge is 0.319 e. The molecule has 9 nitrogen and oxygen atoms in total. The van der Waals surface area contributed by atoms with Gasteiger partial charge in [0.2, 0.25) is 0 Å². The molecule has 0 radical (unpaired) electrons. The normalized spacial score (nSPS) is 16.0. The summed E-state index contributed by atoms with van der Waals surface area (Å²) in [6.45, 7) is 2.41. The van der Waals surface area contributed by atoms with Crippen molar-refractivity contribution in [3.05, 3.63) is 41.5 Å². The van der Waals surface area contributed by atoms with E-state index in [4.69, 9.17) is 0 Å². The number of aromatic nitrogens is 7. The maximum Gasteiger partial charge on any atom is 0.259 e. The van der Waals surface area contributed by atoms with E-state index in [0.29, 0.717) is 17.8 Å². The van der Waals surface area contributed by atoms with Crippen molar-refractivity contribution in [3.63, 3.8) is 0 Å². The van der Waals surface area contributed by atoms with Gasteiger partial charge in [-0.1, -0.05) is 0 Å². The predicted molar refractivity (Wildman–Crippen MR) is 97.4 cm³/mol. The van der Waals surface area contributed by atoms with Crippen molar-refractivity contribution in [3.8, 4) is 0 Å². The molecule has 0 atom stereocenters. The highest BCUT2D eigenvalue weighted by Crippen LogP contribution is 2.20. The first-order valence-electron chi connectivity index (χ1n) is 9.57. The fraction of sp³-hybridized carbons (Fsp3) is 0.500. The number of rotatable bonds is 4.